The normalized spacial score (nSPS) is 23.2. The molecule has 1 fully saturated rings. The van der Waals surface area contributed by atoms with Crippen molar-refractivity contribution in [1.82, 2.24) is 10.6 Å². The first-order chi connectivity index (χ1) is 6.06. The maximum atomic E-state index is 11.6. The lowest BCUT2D eigenvalue weighted by Gasteiger charge is -2.23. The van der Waals surface area contributed by atoms with Crippen molar-refractivity contribution in [2.24, 2.45) is 0 Å². The summed E-state index contributed by atoms with van der Waals surface area (Å²) in [6, 6.07) is 0.266. The highest BCUT2D eigenvalue weighted by Gasteiger charge is 2.29. The summed E-state index contributed by atoms with van der Waals surface area (Å²) >= 11 is 0. The lowest BCUT2D eigenvalue weighted by Crippen LogP contribution is -2.48. The monoisotopic (exact) mass is 186 g/mol. The molecule has 1 rings (SSSR count). The van der Waals surface area contributed by atoms with Crippen LogP contribution >= 0.6 is 0 Å². The lowest BCUT2D eigenvalue weighted by molar-refractivity contribution is -0.140. The Morgan fingerprint density at radius 2 is 2.31 bits per heavy atom. The third kappa shape index (κ3) is 2.67. The van der Waals surface area contributed by atoms with Crippen LogP contribution in [-0.4, -0.2) is 37.7 Å². The Hall–Kier alpha value is -0.610. The SMILES string of the molecule is COC(C)(C)C(=O)N[C@@H]1CCNC1. The molecule has 0 aromatic rings. The maximum absolute atomic E-state index is 11.6. The molecule has 0 saturated carbocycles. The van der Waals surface area contributed by atoms with E-state index in [1.165, 1.54) is 0 Å². The Kier molecular flexibility index (Phi) is 3.27. The molecular weight excluding hydrogens is 168 g/mol. The van der Waals surface area contributed by atoms with Crippen LogP contribution in [0.25, 0.3) is 0 Å². The Bertz CT molecular complexity index is 186. The number of nitrogens with one attached hydrogen (secondary N) is 2. The Labute approximate surface area is 79.0 Å². The first-order valence-electron chi connectivity index (χ1n) is 4.63. The number of rotatable bonds is 3. The van der Waals surface area contributed by atoms with E-state index in [9.17, 15) is 4.79 Å². The highest BCUT2D eigenvalue weighted by atomic mass is 16.5. The van der Waals surface area contributed by atoms with E-state index in [0.29, 0.717) is 0 Å². The van der Waals surface area contributed by atoms with Crippen molar-refractivity contribution in [1.29, 1.82) is 0 Å². The molecule has 1 saturated heterocycles. The highest BCUT2D eigenvalue weighted by Crippen LogP contribution is 2.08. The van der Waals surface area contributed by atoms with Crippen molar-refractivity contribution < 1.29 is 9.53 Å². The number of methoxy groups -OCH3 is 1. The van der Waals surface area contributed by atoms with Gasteiger partial charge in [0.2, 0.25) is 0 Å². The molecule has 0 radical (unpaired) electrons. The summed E-state index contributed by atoms with van der Waals surface area (Å²) in [6.07, 6.45) is 1.01. The Morgan fingerprint density at radius 1 is 1.62 bits per heavy atom. The van der Waals surface area contributed by atoms with E-state index in [2.05, 4.69) is 10.6 Å². The molecule has 0 aliphatic carbocycles. The van der Waals surface area contributed by atoms with Gasteiger partial charge < -0.3 is 15.4 Å². The average molecular weight is 186 g/mol. The summed E-state index contributed by atoms with van der Waals surface area (Å²) in [5.41, 5.74) is -0.720. The van der Waals surface area contributed by atoms with Gasteiger partial charge in [-0.05, 0) is 26.8 Å². The molecule has 0 bridgehead atoms. The van der Waals surface area contributed by atoms with Crippen LogP contribution in [0.3, 0.4) is 0 Å². The van der Waals surface area contributed by atoms with Gasteiger partial charge in [-0.15, -0.1) is 0 Å². The molecule has 13 heavy (non-hydrogen) atoms. The van der Waals surface area contributed by atoms with E-state index in [-0.39, 0.29) is 11.9 Å². The molecule has 1 heterocycles. The van der Waals surface area contributed by atoms with Gasteiger partial charge in [-0.3, -0.25) is 4.79 Å². The lowest BCUT2D eigenvalue weighted by atomic mass is 10.1. The summed E-state index contributed by atoms with van der Waals surface area (Å²) in [4.78, 5) is 11.6. The second kappa shape index (κ2) is 4.07. The summed E-state index contributed by atoms with van der Waals surface area (Å²) in [7, 11) is 1.55. The third-order valence-electron chi connectivity index (χ3n) is 2.45. The largest absolute Gasteiger partial charge is 0.369 e. The van der Waals surface area contributed by atoms with E-state index in [1.54, 1.807) is 21.0 Å². The number of carbonyl (C=O) groups is 1. The topological polar surface area (TPSA) is 50.4 Å². The van der Waals surface area contributed by atoms with Crippen molar-refractivity contribution in [3.63, 3.8) is 0 Å². The third-order valence-corrected chi connectivity index (χ3v) is 2.45. The molecule has 1 aliphatic rings. The maximum Gasteiger partial charge on any atom is 0.251 e. The van der Waals surface area contributed by atoms with E-state index in [4.69, 9.17) is 4.74 Å². The molecular formula is C9H18N2O2. The predicted octanol–water partition coefficient (Wildman–Crippen LogP) is -0.110. The van der Waals surface area contributed by atoms with Gasteiger partial charge in [-0.2, -0.15) is 0 Å². The van der Waals surface area contributed by atoms with Gasteiger partial charge in [0, 0.05) is 19.7 Å². The molecule has 0 aromatic heterocycles. The molecule has 2 N–H and O–H groups in total. The smallest absolute Gasteiger partial charge is 0.251 e. The van der Waals surface area contributed by atoms with E-state index < -0.39 is 5.60 Å². The fourth-order valence-corrected chi connectivity index (χ4v) is 1.23. The molecule has 0 spiro atoms. The molecule has 0 aromatic carbocycles. The van der Waals surface area contributed by atoms with Crippen molar-refractivity contribution in [3.05, 3.63) is 0 Å². The van der Waals surface area contributed by atoms with Crippen molar-refractivity contribution in [3.8, 4) is 0 Å². The Balaban J connectivity index is 2.39. The van der Waals surface area contributed by atoms with Crippen molar-refractivity contribution in [2.45, 2.75) is 31.9 Å². The van der Waals surface area contributed by atoms with Crippen LogP contribution in [0.2, 0.25) is 0 Å². The zero-order valence-corrected chi connectivity index (χ0v) is 8.52. The fraction of sp³-hybridized carbons (Fsp3) is 0.889. The minimum atomic E-state index is -0.720. The molecule has 4 nitrogen and oxygen atoms in total. The van der Waals surface area contributed by atoms with Gasteiger partial charge in [0.05, 0.1) is 0 Å². The molecule has 0 unspecified atom stereocenters. The van der Waals surface area contributed by atoms with Crippen LogP contribution in [-0.2, 0) is 9.53 Å². The number of hydrogen-bond donors (Lipinski definition) is 2. The van der Waals surface area contributed by atoms with E-state index in [1.807, 2.05) is 0 Å². The van der Waals surface area contributed by atoms with Crippen LogP contribution in [0.1, 0.15) is 20.3 Å². The second-order valence-electron chi connectivity index (χ2n) is 3.88. The second-order valence-corrected chi connectivity index (χ2v) is 3.88. The van der Waals surface area contributed by atoms with Crippen molar-refractivity contribution >= 4 is 5.91 Å². The number of carbonyl (C=O) groups excluding carboxylic acids is 1. The molecule has 1 amide bonds. The van der Waals surface area contributed by atoms with E-state index >= 15 is 0 Å². The number of hydrogen-bond acceptors (Lipinski definition) is 3. The van der Waals surface area contributed by atoms with Gasteiger partial charge in [-0.1, -0.05) is 0 Å². The zero-order chi connectivity index (χ0) is 9.90. The first kappa shape index (κ1) is 10.5. The minimum absolute atomic E-state index is 0.0382. The molecule has 1 aliphatic heterocycles. The molecule has 1 atom stereocenters. The summed E-state index contributed by atoms with van der Waals surface area (Å²) < 4.78 is 5.08. The summed E-state index contributed by atoms with van der Waals surface area (Å²) in [5, 5.41) is 6.14. The number of ether oxygens (including phenoxy) is 1. The summed E-state index contributed by atoms with van der Waals surface area (Å²) in [5.74, 6) is -0.0382. The van der Waals surface area contributed by atoms with Gasteiger partial charge in [0.1, 0.15) is 5.60 Å². The Morgan fingerprint density at radius 3 is 2.77 bits per heavy atom. The minimum Gasteiger partial charge on any atom is -0.369 e. The standard InChI is InChI=1S/C9H18N2O2/c1-9(2,13-3)8(12)11-7-4-5-10-6-7/h7,10H,4-6H2,1-3H3,(H,11,12)/t7-/m1/s1. The quantitative estimate of drug-likeness (QED) is 0.646. The molecule has 76 valence electrons. The zero-order valence-electron chi connectivity index (χ0n) is 8.52. The van der Waals surface area contributed by atoms with E-state index in [0.717, 1.165) is 19.5 Å². The first-order valence-corrected chi connectivity index (χ1v) is 4.63. The van der Waals surface area contributed by atoms with Crippen LogP contribution in [0, 0.1) is 0 Å². The van der Waals surface area contributed by atoms with Gasteiger partial charge in [-0.25, -0.2) is 0 Å². The van der Waals surface area contributed by atoms with Crippen LogP contribution in [0.4, 0.5) is 0 Å². The summed E-state index contributed by atoms with van der Waals surface area (Å²) in [6.45, 7) is 5.39. The van der Waals surface area contributed by atoms with Crippen LogP contribution in [0.15, 0.2) is 0 Å². The van der Waals surface area contributed by atoms with Crippen LogP contribution in [0.5, 0.6) is 0 Å². The van der Waals surface area contributed by atoms with Crippen LogP contribution < -0.4 is 10.6 Å². The number of amides is 1. The predicted molar refractivity (Wildman–Crippen MR) is 50.5 cm³/mol. The van der Waals surface area contributed by atoms with Gasteiger partial charge >= 0.3 is 0 Å². The van der Waals surface area contributed by atoms with Crippen molar-refractivity contribution in [2.75, 3.05) is 20.2 Å². The molecule has 4 heteroatoms. The van der Waals surface area contributed by atoms with Gasteiger partial charge in [0.25, 0.3) is 5.91 Å². The fourth-order valence-electron chi connectivity index (χ4n) is 1.23. The highest BCUT2D eigenvalue weighted by molar-refractivity contribution is 5.84. The average Bonchev–Trinajstić information content (AvgIpc) is 2.57. The van der Waals surface area contributed by atoms with Gasteiger partial charge in [0.15, 0.2) is 0 Å².